The van der Waals surface area contributed by atoms with Crippen molar-refractivity contribution < 1.29 is 4.74 Å². The molecule has 16 heavy (non-hydrogen) atoms. The summed E-state index contributed by atoms with van der Waals surface area (Å²) in [4.78, 5) is 11.8. The number of fused-ring (bicyclic) bond motifs is 1. The number of ether oxygens (including phenoxy) is 1. The topological polar surface area (TPSA) is 31.2 Å². The van der Waals surface area contributed by atoms with Crippen LogP contribution in [0.2, 0.25) is 0 Å². The van der Waals surface area contributed by atoms with Crippen LogP contribution in [0.1, 0.15) is 5.56 Å². The molecule has 4 heteroatoms. The maximum atomic E-state index is 11.8. The average molecular weight is 282 g/mol. The minimum absolute atomic E-state index is 0.0249. The van der Waals surface area contributed by atoms with E-state index in [-0.39, 0.29) is 5.56 Å². The molecule has 0 fully saturated rings. The summed E-state index contributed by atoms with van der Waals surface area (Å²) < 4.78 is 7.74. The Morgan fingerprint density at radius 3 is 2.62 bits per heavy atom. The molecular formula is C12H12BrNO2. The molecule has 0 aliphatic heterocycles. The molecule has 1 heterocycles. The van der Waals surface area contributed by atoms with E-state index in [4.69, 9.17) is 4.74 Å². The first-order chi connectivity index (χ1) is 7.54. The summed E-state index contributed by atoms with van der Waals surface area (Å²) in [5, 5.41) is 1.02. The third-order valence-corrected chi connectivity index (χ3v) is 3.30. The van der Waals surface area contributed by atoms with Crippen molar-refractivity contribution in [3.8, 4) is 5.75 Å². The third kappa shape index (κ3) is 1.63. The van der Waals surface area contributed by atoms with Gasteiger partial charge < -0.3 is 9.30 Å². The van der Waals surface area contributed by atoms with Crippen LogP contribution in [-0.4, -0.2) is 11.7 Å². The molecule has 0 bridgehead atoms. The van der Waals surface area contributed by atoms with Gasteiger partial charge in [0.2, 0.25) is 0 Å². The molecular weight excluding hydrogens is 270 g/mol. The molecule has 0 unspecified atom stereocenters. The molecule has 2 rings (SSSR count). The van der Waals surface area contributed by atoms with Gasteiger partial charge in [0.05, 0.1) is 17.1 Å². The normalized spacial score (nSPS) is 10.8. The third-order valence-electron chi connectivity index (χ3n) is 2.68. The van der Waals surface area contributed by atoms with Crippen LogP contribution in [0.4, 0.5) is 0 Å². The van der Waals surface area contributed by atoms with Crippen LogP contribution >= 0.6 is 15.9 Å². The van der Waals surface area contributed by atoms with Crippen LogP contribution in [0.5, 0.6) is 5.75 Å². The minimum Gasteiger partial charge on any atom is -0.495 e. The van der Waals surface area contributed by atoms with Crippen LogP contribution in [0.15, 0.2) is 27.5 Å². The Morgan fingerprint density at radius 2 is 2.00 bits per heavy atom. The van der Waals surface area contributed by atoms with Crippen molar-refractivity contribution in [3.63, 3.8) is 0 Å². The Morgan fingerprint density at radius 1 is 1.31 bits per heavy atom. The molecule has 0 atom stereocenters. The number of rotatable bonds is 1. The fraction of sp³-hybridized carbons (Fsp3) is 0.250. The molecule has 84 valence electrons. The molecule has 1 aromatic carbocycles. The largest absolute Gasteiger partial charge is 0.495 e. The number of aromatic nitrogens is 1. The minimum atomic E-state index is 0.0249. The molecule has 0 aliphatic carbocycles. The lowest BCUT2D eigenvalue weighted by molar-refractivity contribution is 0.412. The van der Waals surface area contributed by atoms with Crippen LogP contribution in [0.25, 0.3) is 10.9 Å². The van der Waals surface area contributed by atoms with Crippen molar-refractivity contribution in [2.75, 3.05) is 7.11 Å². The van der Waals surface area contributed by atoms with Crippen molar-refractivity contribution >= 4 is 26.8 Å². The monoisotopic (exact) mass is 281 g/mol. The molecule has 0 saturated heterocycles. The van der Waals surface area contributed by atoms with Gasteiger partial charge in [-0.2, -0.15) is 0 Å². The first kappa shape index (κ1) is 11.2. The van der Waals surface area contributed by atoms with E-state index >= 15 is 0 Å². The molecule has 0 spiro atoms. The van der Waals surface area contributed by atoms with E-state index < -0.39 is 0 Å². The fourth-order valence-corrected chi connectivity index (χ4v) is 2.31. The number of benzene rings is 1. The highest BCUT2D eigenvalue weighted by Gasteiger charge is 2.07. The van der Waals surface area contributed by atoms with E-state index in [0.717, 1.165) is 26.7 Å². The molecule has 1 aromatic heterocycles. The van der Waals surface area contributed by atoms with Gasteiger partial charge in [-0.05, 0) is 35.0 Å². The van der Waals surface area contributed by atoms with E-state index in [9.17, 15) is 4.79 Å². The number of halogens is 1. The summed E-state index contributed by atoms with van der Waals surface area (Å²) in [6.45, 7) is 1.82. The predicted molar refractivity (Wildman–Crippen MR) is 68.2 cm³/mol. The molecule has 0 amide bonds. The zero-order valence-corrected chi connectivity index (χ0v) is 11.0. The van der Waals surface area contributed by atoms with E-state index in [0.29, 0.717) is 0 Å². The zero-order valence-electron chi connectivity index (χ0n) is 9.37. The Bertz CT molecular complexity index is 616. The van der Waals surface area contributed by atoms with Crippen LogP contribution in [0.3, 0.4) is 0 Å². The Hall–Kier alpha value is -1.29. The van der Waals surface area contributed by atoms with Crippen molar-refractivity contribution in [2.45, 2.75) is 6.92 Å². The van der Waals surface area contributed by atoms with Gasteiger partial charge in [-0.3, -0.25) is 4.79 Å². The lowest BCUT2D eigenvalue weighted by Crippen LogP contribution is -2.19. The number of aryl methyl sites for hydroxylation is 2. The lowest BCUT2D eigenvalue weighted by atomic mass is 10.1. The number of hydrogen-bond donors (Lipinski definition) is 0. The number of hydrogen-bond acceptors (Lipinski definition) is 2. The second-order valence-electron chi connectivity index (χ2n) is 3.74. The Kier molecular flexibility index (Phi) is 2.76. The number of pyridine rings is 1. The Labute approximate surface area is 102 Å². The quantitative estimate of drug-likeness (QED) is 0.805. The van der Waals surface area contributed by atoms with Crippen molar-refractivity contribution in [3.05, 3.63) is 38.6 Å². The molecule has 0 radical (unpaired) electrons. The second-order valence-corrected chi connectivity index (χ2v) is 4.59. The van der Waals surface area contributed by atoms with E-state index in [1.165, 1.54) is 0 Å². The number of methoxy groups -OCH3 is 1. The summed E-state index contributed by atoms with van der Waals surface area (Å²) in [5.74, 6) is 0.728. The van der Waals surface area contributed by atoms with Crippen LogP contribution < -0.4 is 10.3 Å². The zero-order chi connectivity index (χ0) is 11.9. The van der Waals surface area contributed by atoms with Crippen molar-refractivity contribution in [1.29, 1.82) is 0 Å². The summed E-state index contributed by atoms with van der Waals surface area (Å²) in [6.07, 6.45) is 0. The first-order valence-electron chi connectivity index (χ1n) is 4.88. The van der Waals surface area contributed by atoms with E-state index in [1.54, 1.807) is 18.7 Å². The van der Waals surface area contributed by atoms with Gasteiger partial charge >= 0.3 is 0 Å². The van der Waals surface area contributed by atoms with Crippen LogP contribution in [0, 0.1) is 6.92 Å². The van der Waals surface area contributed by atoms with E-state index in [1.807, 2.05) is 25.1 Å². The number of nitrogens with zero attached hydrogens (tertiary/aromatic N) is 1. The SMILES string of the molecule is COc1cc2c(cc1Br)cc(C)c(=O)n2C. The predicted octanol–water partition coefficient (Wildman–Crippen LogP) is 2.62. The summed E-state index contributed by atoms with van der Waals surface area (Å²) in [7, 11) is 3.38. The maximum Gasteiger partial charge on any atom is 0.253 e. The van der Waals surface area contributed by atoms with Gasteiger partial charge in [0, 0.05) is 24.1 Å². The molecule has 0 saturated carbocycles. The summed E-state index contributed by atoms with van der Waals surface area (Å²) in [5.41, 5.74) is 1.64. The Balaban J connectivity index is 2.92. The van der Waals surface area contributed by atoms with Gasteiger partial charge in [-0.25, -0.2) is 0 Å². The highest BCUT2D eigenvalue weighted by atomic mass is 79.9. The highest BCUT2D eigenvalue weighted by Crippen LogP contribution is 2.29. The van der Waals surface area contributed by atoms with Crippen molar-refractivity contribution in [1.82, 2.24) is 4.57 Å². The van der Waals surface area contributed by atoms with Crippen molar-refractivity contribution in [2.24, 2.45) is 7.05 Å². The van der Waals surface area contributed by atoms with Gasteiger partial charge in [0.15, 0.2) is 0 Å². The van der Waals surface area contributed by atoms with Crippen LogP contribution in [-0.2, 0) is 7.05 Å². The smallest absolute Gasteiger partial charge is 0.253 e. The van der Waals surface area contributed by atoms with Gasteiger partial charge in [-0.1, -0.05) is 0 Å². The maximum absolute atomic E-state index is 11.8. The molecule has 2 aromatic rings. The summed E-state index contributed by atoms with van der Waals surface area (Å²) in [6, 6.07) is 5.71. The first-order valence-corrected chi connectivity index (χ1v) is 5.67. The molecule has 0 aliphatic rings. The van der Waals surface area contributed by atoms with Gasteiger partial charge in [0.1, 0.15) is 5.75 Å². The molecule has 3 nitrogen and oxygen atoms in total. The summed E-state index contributed by atoms with van der Waals surface area (Å²) >= 11 is 3.43. The highest BCUT2D eigenvalue weighted by molar-refractivity contribution is 9.10. The van der Waals surface area contributed by atoms with Gasteiger partial charge in [-0.15, -0.1) is 0 Å². The standard InChI is InChI=1S/C12H12BrNO2/c1-7-4-8-5-9(13)11(16-3)6-10(8)14(2)12(7)15/h4-6H,1-3H3. The molecule has 0 N–H and O–H groups in total. The average Bonchev–Trinajstić information content (AvgIpc) is 2.26. The lowest BCUT2D eigenvalue weighted by Gasteiger charge is -2.10. The fourth-order valence-electron chi connectivity index (χ4n) is 1.79. The van der Waals surface area contributed by atoms with E-state index in [2.05, 4.69) is 15.9 Å². The second kappa shape index (κ2) is 3.94. The van der Waals surface area contributed by atoms with Gasteiger partial charge in [0.25, 0.3) is 5.56 Å².